The van der Waals surface area contributed by atoms with Gasteiger partial charge in [-0.05, 0) is 25.0 Å². The van der Waals surface area contributed by atoms with Gasteiger partial charge in [0.1, 0.15) is 0 Å². The van der Waals surface area contributed by atoms with Gasteiger partial charge in [-0.15, -0.1) is 0 Å². The predicted molar refractivity (Wildman–Crippen MR) is 69.7 cm³/mol. The highest BCUT2D eigenvalue weighted by Crippen LogP contribution is 2.27. The Morgan fingerprint density at radius 1 is 1.18 bits per heavy atom. The van der Waals surface area contributed by atoms with Gasteiger partial charge in [-0.2, -0.15) is 0 Å². The number of hydrogen-bond acceptors (Lipinski definition) is 4. The summed E-state index contributed by atoms with van der Waals surface area (Å²) in [4.78, 5) is 0. The van der Waals surface area contributed by atoms with Crippen LogP contribution in [0.5, 0.6) is 0 Å². The zero-order valence-electron chi connectivity index (χ0n) is 9.72. The van der Waals surface area contributed by atoms with Gasteiger partial charge in [-0.1, -0.05) is 18.2 Å². The number of rotatable bonds is 3. The molecule has 0 amide bonds. The summed E-state index contributed by atoms with van der Waals surface area (Å²) in [6, 6.07) is 9.80. The zero-order chi connectivity index (χ0) is 12.4. The second-order valence-electron chi connectivity index (χ2n) is 4.63. The van der Waals surface area contributed by atoms with Crippen LogP contribution < -0.4 is 11.1 Å². The number of para-hydroxylation sites is 1. The largest absolute Gasteiger partial charge is 0.378 e. The lowest BCUT2D eigenvalue weighted by molar-refractivity contribution is 0.426. The molecule has 4 nitrogen and oxygen atoms in total. The number of sulfone groups is 1. The topological polar surface area (TPSA) is 72.2 Å². The molecular weight excluding hydrogens is 236 g/mol. The SMILES string of the molecule is NCC1(Nc2ccccc2)CCS(=O)(=O)CC1. The molecule has 1 saturated heterocycles. The van der Waals surface area contributed by atoms with Gasteiger partial charge in [0, 0.05) is 12.2 Å². The zero-order valence-corrected chi connectivity index (χ0v) is 10.5. The van der Waals surface area contributed by atoms with Gasteiger partial charge in [0.25, 0.3) is 0 Å². The number of anilines is 1. The van der Waals surface area contributed by atoms with Gasteiger partial charge in [-0.3, -0.25) is 0 Å². The third-order valence-corrected chi connectivity index (χ3v) is 5.01. The first-order chi connectivity index (χ1) is 8.05. The summed E-state index contributed by atoms with van der Waals surface area (Å²) in [5.41, 5.74) is 6.54. The Morgan fingerprint density at radius 3 is 2.29 bits per heavy atom. The monoisotopic (exact) mass is 254 g/mol. The first-order valence-electron chi connectivity index (χ1n) is 5.79. The summed E-state index contributed by atoms with van der Waals surface area (Å²) < 4.78 is 22.9. The Kier molecular flexibility index (Phi) is 3.40. The quantitative estimate of drug-likeness (QED) is 0.844. The number of nitrogens with one attached hydrogen (secondary N) is 1. The summed E-state index contributed by atoms with van der Waals surface area (Å²) in [6.45, 7) is 0.456. The van der Waals surface area contributed by atoms with Crippen LogP contribution in [0.3, 0.4) is 0 Å². The number of benzene rings is 1. The maximum Gasteiger partial charge on any atom is 0.150 e. The van der Waals surface area contributed by atoms with E-state index in [1.54, 1.807) is 0 Å². The van der Waals surface area contributed by atoms with E-state index < -0.39 is 9.84 Å². The lowest BCUT2D eigenvalue weighted by atomic mass is 9.92. The third kappa shape index (κ3) is 2.98. The second-order valence-corrected chi connectivity index (χ2v) is 6.93. The standard InChI is InChI=1S/C12H18N2O2S/c13-10-12(6-8-17(15,16)9-7-12)14-11-4-2-1-3-5-11/h1-5,14H,6-10,13H2. The molecule has 1 aromatic rings. The van der Waals surface area contributed by atoms with Gasteiger partial charge in [0.05, 0.1) is 17.0 Å². The Labute approximate surface area is 102 Å². The van der Waals surface area contributed by atoms with E-state index in [2.05, 4.69) is 5.32 Å². The molecule has 0 aliphatic carbocycles. The van der Waals surface area contributed by atoms with Crippen LogP contribution in [0.4, 0.5) is 5.69 Å². The van der Waals surface area contributed by atoms with E-state index in [4.69, 9.17) is 5.73 Å². The molecule has 0 aromatic heterocycles. The van der Waals surface area contributed by atoms with Gasteiger partial charge in [0.2, 0.25) is 0 Å². The first kappa shape index (κ1) is 12.4. The highest BCUT2D eigenvalue weighted by molar-refractivity contribution is 7.91. The van der Waals surface area contributed by atoms with Crippen molar-refractivity contribution >= 4 is 15.5 Å². The molecule has 0 unspecified atom stereocenters. The minimum atomic E-state index is -2.85. The van der Waals surface area contributed by atoms with Crippen LogP contribution in [-0.2, 0) is 9.84 Å². The first-order valence-corrected chi connectivity index (χ1v) is 7.61. The minimum Gasteiger partial charge on any atom is -0.378 e. The van der Waals surface area contributed by atoms with E-state index in [-0.39, 0.29) is 17.0 Å². The Balaban J connectivity index is 2.12. The highest BCUT2D eigenvalue weighted by atomic mass is 32.2. The van der Waals surface area contributed by atoms with Crippen molar-refractivity contribution < 1.29 is 8.42 Å². The molecule has 1 heterocycles. The van der Waals surface area contributed by atoms with E-state index in [1.165, 1.54) is 0 Å². The molecule has 0 saturated carbocycles. The summed E-state index contributed by atoms with van der Waals surface area (Å²) >= 11 is 0. The van der Waals surface area contributed by atoms with Crippen LogP contribution in [0, 0.1) is 0 Å². The van der Waals surface area contributed by atoms with Gasteiger partial charge < -0.3 is 11.1 Å². The lowest BCUT2D eigenvalue weighted by Crippen LogP contribution is -2.51. The van der Waals surface area contributed by atoms with E-state index in [0.29, 0.717) is 19.4 Å². The second kappa shape index (κ2) is 4.66. The van der Waals surface area contributed by atoms with E-state index in [1.807, 2.05) is 30.3 Å². The average Bonchev–Trinajstić information content (AvgIpc) is 2.34. The Bertz CT molecular complexity index is 457. The van der Waals surface area contributed by atoms with Crippen molar-refractivity contribution in [2.45, 2.75) is 18.4 Å². The van der Waals surface area contributed by atoms with Crippen molar-refractivity contribution in [3.8, 4) is 0 Å². The Morgan fingerprint density at radius 2 is 1.76 bits per heavy atom. The Hall–Kier alpha value is -1.07. The summed E-state index contributed by atoms with van der Waals surface area (Å²) in [5, 5.41) is 3.39. The van der Waals surface area contributed by atoms with Gasteiger partial charge in [-0.25, -0.2) is 8.42 Å². The molecule has 0 atom stereocenters. The smallest absolute Gasteiger partial charge is 0.150 e. The molecule has 2 rings (SSSR count). The third-order valence-electron chi connectivity index (χ3n) is 3.36. The molecule has 0 bridgehead atoms. The lowest BCUT2D eigenvalue weighted by Gasteiger charge is -2.37. The summed E-state index contributed by atoms with van der Waals surface area (Å²) in [7, 11) is -2.85. The van der Waals surface area contributed by atoms with Crippen LogP contribution >= 0.6 is 0 Å². The van der Waals surface area contributed by atoms with Crippen molar-refractivity contribution in [2.75, 3.05) is 23.4 Å². The molecule has 1 aliphatic heterocycles. The van der Waals surface area contributed by atoms with E-state index >= 15 is 0 Å². The van der Waals surface area contributed by atoms with Crippen molar-refractivity contribution in [1.29, 1.82) is 0 Å². The fraction of sp³-hybridized carbons (Fsp3) is 0.500. The highest BCUT2D eigenvalue weighted by Gasteiger charge is 2.36. The predicted octanol–water partition coefficient (Wildman–Crippen LogP) is 1.00. The molecule has 0 spiro atoms. The van der Waals surface area contributed by atoms with E-state index in [0.717, 1.165) is 5.69 Å². The average molecular weight is 254 g/mol. The van der Waals surface area contributed by atoms with Crippen molar-refractivity contribution in [3.63, 3.8) is 0 Å². The van der Waals surface area contributed by atoms with Crippen molar-refractivity contribution in [2.24, 2.45) is 5.73 Å². The van der Waals surface area contributed by atoms with Crippen LogP contribution in [0.15, 0.2) is 30.3 Å². The molecule has 1 fully saturated rings. The molecule has 0 radical (unpaired) electrons. The van der Waals surface area contributed by atoms with Gasteiger partial charge >= 0.3 is 0 Å². The molecule has 1 aromatic carbocycles. The van der Waals surface area contributed by atoms with E-state index in [9.17, 15) is 8.42 Å². The molecule has 1 aliphatic rings. The normalized spacial score (nSPS) is 21.9. The van der Waals surface area contributed by atoms with Crippen molar-refractivity contribution in [1.82, 2.24) is 0 Å². The maximum atomic E-state index is 11.4. The molecule has 3 N–H and O–H groups in total. The summed E-state index contributed by atoms with van der Waals surface area (Å²) in [6.07, 6.45) is 1.17. The van der Waals surface area contributed by atoms with Crippen molar-refractivity contribution in [3.05, 3.63) is 30.3 Å². The molecule has 94 valence electrons. The van der Waals surface area contributed by atoms with Crippen LogP contribution in [0.1, 0.15) is 12.8 Å². The van der Waals surface area contributed by atoms with Crippen LogP contribution in [0.2, 0.25) is 0 Å². The fourth-order valence-electron chi connectivity index (χ4n) is 2.14. The van der Waals surface area contributed by atoms with Gasteiger partial charge in [0.15, 0.2) is 9.84 Å². The molecular formula is C12H18N2O2S. The van der Waals surface area contributed by atoms with Crippen LogP contribution in [0.25, 0.3) is 0 Å². The fourth-order valence-corrected chi connectivity index (χ4v) is 3.74. The number of hydrogen-bond donors (Lipinski definition) is 2. The molecule has 5 heteroatoms. The number of nitrogens with two attached hydrogens (primary N) is 1. The minimum absolute atomic E-state index is 0.226. The molecule has 17 heavy (non-hydrogen) atoms. The maximum absolute atomic E-state index is 11.4. The summed E-state index contributed by atoms with van der Waals surface area (Å²) in [5.74, 6) is 0.452. The van der Waals surface area contributed by atoms with Crippen LogP contribution in [-0.4, -0.2) is 32.0 Å².